The second-order valence-electron chi connectivity index (χ2n) is 5.73. The van der Waals surface area contributed by atoms with E-state index in [1.165, 1.54) is 12.8 Å². The van der Waals surface area contributed by atoms with Gasteiger partial charge < -0.3 is 16.4 Å². The van der Waals surface area contributed by atoms with Crippen LogP contribution < -0.4 is 16.4 Å². The Labute approximate surface area is 125 Å². The van der Waals surface area contributed by atoms with Crippen LogP contribution in [0.5, 0.6) is 0 Å². The molecule has 1 fully saturated rings. The number of hydrogen-bond donors (Lipinski definition) is 3. The Morgan fingerprint density at radius 1 is 1.33 bits per heavy atom. The van der Waals surface area contributed by atoms with Crippen molar-refractivity contribution in [1.82, 2.24) is 10.6 Å². The van der Waals surface area contributed by atoms with E-state index in [0.717, 1.165) is 12.0 Å². The topological polar surface area (TPSA) is 84.2 Å². The van der Waals surface area contributed by atoms with Crippen LogP contribution in [0.25, 0.3) is 0 Å². The van der Waals surface area contributed by atoms with Gasteiger partial charge in [0.2, 0.25) is 5.91 Å². The zero-order chi connectivity index (χ0) is 15.2. The minimum atomic E-state index is -0.433. The van der Waals surface area contributed by atoms with Crippen LogP contribution >= 0.6 is 0 Å². The lowest BCUT2D eigenvalue weighted by atomic mass is 10.1. The molecule has 1 aromatic carbocycles. The normalized spacial score (nSPS) is 21.0. The highest BCUT2D eigenvalue weighted by molar-refractivity contribution is 5.92. The van der Waals surface area contributed by atoms with E-state index in [-0.39, 0.29) is 6.03 Å². The molecule has 5 heteroatoms. The van der Waals surface area contributed by atoms with E-state index in [2.05, 4.69) is 17.6 Å². The van der Waals surface area contributed by atoms with Crippen molar-refractivity contribution in [2.24, 2.45) is 11.7 Å². The van der Waals surface area contributed by atoms with Crippen molar-refractivity contribution in [3.8, 4) is 0 Å². The highest BCUT2D eigenvalue weighted by atomic mass is 16.2. The molecule has 2 rings (SSSR count). The van der Waals surface area contributed by atoms with Crippen LogP contribution in [0, 0.1) is 5.92 Å². The summed E-state index contributed by atoms with van der Waals surface area (Å²) in [7, 11) is 0. The second-order valence-corrected chi connectivity index (χ2v) is 5.73. The van der Waals surface area contributed by atoms with Gasteiger partial charge in [0.25, 0.3) is 0 Å². The molecule has 1 aliphatic rings. The molecule has 0 unspecified atom stereocenters. The van der Waals surface area contributed by atoms with Gasteiger partial charge in [0.1, 0.15) is 0 Å². The van der Waals surface area contributed by atoms with Gasteiger partial charge in [-0.15, -0.1) is 0 Å². The van der Waals surface area contributed by atoms with Crippen LogP contribution in [0.4, 0.5) is 4.79 Å². The van der Waals surface area contributed by atoms with Crippen molar-refractivity contribution in [3.63, 3.8) is 0 Å². The molecule has 0 aliphatic heterocycles. The summed E-state index contributed by atoms with van der Waals surface area (Å²) in [4.78, 5) is 22.9. The fourth-order valence-corrected chi connectivity index (χ4v) is 2.78. The monoisotopic (exact) mass is 289 g/mol. The number of benzene rings is 1. The first-order valence-corrected chi connectivity index (χ1v) is 7.49. The van der Waals surface area contributed by atoms with Crippen molar-refractivity contribution < 1.29 is 9.59 Å². The number of nitrogens with one attached hydrogen (secondary N) is 2. The van der Waals surface area contributed by atoms with Crippen LogP contribution in [0.3, 0.4) is 0 Å². The highest BCUT2D eigenvalue weighted by Gasteiger charge is 2.24. The molecule has 4 N–H and O–H groups in total. The molecule has 0 radical (unpaired) electrons. The summed E-state index contributed by atoms with van der Waals surface area (Å²) in [5.41, 5.74) is 6.73. The molecular formula is C16H23N3O2. The van der Waals surface area contributed by atoms with E-state index in [1.54, 1.807) is 18.2 Å². The number of carbonyl (C=O) groups is 2. The van der Waals surface area contributed by atoms with Crippen LogP contribution in [0.2, 0.25) is 0 Å². The molecular weight excluding hydrogens is 266 g/mol. The van der Waals surface area contributed by atoms with E-state index in [4.69, 9.17) is 5.73 Å². The van der Waals surface area contributed by atoms with Gasteiger partial charge in [0.05, 0.1) is 0 Å². The van der Waals surface area contributed by atoms with Crippen molar-refractivity contribution in [2.75, 3.05) is 6.54 Å². The van der Waals surface area contributed by atoms with Gasteiger partial charge in [-0.2, -0.15) is 0 Å². The Balaban J connectivity index is 1.75. The molecule has 2 atom stereocenters. The number of urea groups is 1. The first-order chi connectivity index (χ1) is 10.1. The molecule has 0 bridgehead atoms. The number of hydrogen-bond acceptors (Lipinski definition) is 2. The minimum Gasteiger partial charge on any atom is -0.366 e. The zero-order valence-electron chi connectivity index (χ0n) is 12.4. The van der Waals surface area contributed by atoms with Crippen molar-refractivity contribution >= 4 is 11.9 Å². The Morgan fingerprint density at radius 3 is 2.81 bits per heavy atom. The molecule has 21 heavy (non-hydrogen) atoms. The summed E-state index contributed by atoms with van der Waals surface area (Å²) < 4.78 is 0. The smallest absolute Gasteiger partial charge is 0.315 e. The molecule has 0 aromatic heterocycles. The van der Waals surface area contributed by atoms with Crippen LogP contribution in [0.15, 0.2) is 24.3 Å². The Hall–Kier alpha value is -2.04. The standard InChI is InChI=1S/C16H23N3O2/c1-11-4-2-7-14(11)19-16(21)18-9-8-12-5-3-6-13(10-12)15(17)20/h3,5-6,10-11,14H,2,4,7-9H2,1H3,(H2,17,20)(H2,18,19,21)/t11-,14+/m0/s1. The van der Waals surface area contributed by atoms with E-state index in [1.807, 2.05) is 6.07 Å². The number of rotatable bonds is 5. The largest absolute Gasteiger partial charge is 0.366 e. The van der Waals surface area contributed by atoms with Gasteiger partial charge in [-0.1, -0.05) is 25.5 Å². The number of carbonyl (C=O) groups excluding carboxylic acids is 2. The molecule has 3 amide bonds. The summed E-state index contributed by atoms with van der Waals surface area (Å²) in [5, 5.41) is 5.88. The van der Waals surface area contributed by atoms with Gasteiger partial charge in [-0.3, -0.25) is 4.79 Å². The number of primary amides is 1. The molecule has 1 saturated carbocycles. The number of amides is 3. The van der Waals surface area contributed by atoms with Gasteiger partial charge in [0, 0.05) is 18.2 Å². The summed E-state index contributed by atoms with van der Waals surface area (Å²) in [6, 6.07) is 7.36. The molecule has 0 heterocycles. The first-order valence-electron chi connectivity index (χ1n) is 7.49. The van der Waals surface area contributed by atoms with E-state index in [9.17, 15) is 9.59 Å². The first kappa shape index (κ1) is 15.4. The third-order valence-corrected chi connectivity index (χ3v) is 4.09. The summed E-state index contributed by atoms with van der Waals surface area (Å²) in [5.74, 6) is 0.126. The second kappa shape index (κ2) is 7.11. The Bertz CT molecular complexity index is 516. The van der Waals surface area contributed by atoms with Crippen LogP contribution in [-0.4, -0.2) is 24.5 Å². The van der Waals surface area contributed by atoms with Crippen molar-refractivity contribution in [2.45, 2.75) is 38.6 Å². The zero-order valence-corrected chi connectivity index (χ0v) is 12.4. The summed E-state index contributed by atoms with van der Waals surface area (Å²) in [6.07, 6.45) is 4.11. The molecule has 5 nitrogen and oxygen atoms in total. The lowest BCUT2D eigenvalue weighted by molar-refractivity contribution is 0.1000. The fourth-order valence-electron chi connectivity index (χ4n) is 2.78. The van der Waals surface area contributed by atoms with Gasteiger partial charge in [0.15, 0.2) is 0 Å². The average molecular weight is 289 g/mol. The van der Waals surface area contributed by atoms with Gasteiger partial charge in [-0.05, 0) is 42.9 Å². The fraction of sp³-hybridized carbons (Fsp3) is 0.500. The third kappa shape index (κ3) is 4.48. The average Bonchev–Trinajstić information content (AvgIpc) is 2.84. The molecule has 114 valence electrons. The third-order valence-electron chi connectivity index (χ3n) is 4.09. The maximum atomic E-state index is 11.8. The maximum Gasteiger partial charge on any atom is 0.315 e. The lowest BCUT2D eigenvalue weighted by Crippen LogP contribution is -2.43. The minimum absolute atomic E-state index is 0.111. The molecule has 0 saturated heterocycles. The maximum absolute atomic E-state index is 11.8. The number of nitrogens with two attached hydrogens (primary N) is 1. The van der Waals surface area contributed by atoms with Gasteiger partial charge >= 0.3 is 6.03 Å². The van der Waals surface area contributed by atoms with Crippen molar-refractivity contribution in [3.05, 3.63) is 35.4 Å². The van der Waals surface area contributed by atoms with Crippen molar-refractivity contribution in [1.29, 1.82) is 0 Å². The Kier molecular flexibility index (Phi) is 5.20. The van der Waals surface area contributed by atoms with E-state index < -0.39 is 5.91 Å². The lowest BCUT2D eigenvalue weighted by Gasteiger charge is -2.17. The predicted octanol–water partition coefficient (Wildman–Crippen LogP) is 1.82. The summed E-state index contributed by atoms with van der Waals surface area (Å²) in [6.45, 7) is 2.71. The summed E-state index contributed by atoms with van der Waals surface area (Å²) >= 11 is 0. The predicted molar refractivity (Wildman–Crippen MR) is 82.0 cm³/mol. The quantitative estimate of drug-likeness (QED) is 0.772. The van der Waals surface area contributed by atoms with E-state index >= 15 is 0 Å². The molecule has 0 spiro atoms. The molecule has 1 aromatic rings. The molecule has 1 aliphatic carbocycles. The van der Waals surface area contributed by atoms with Crippen LogP contribution in [-0.2, 0) is 6.42 Å². The van der Waals surface area contributed by atoms with Gasteiger partial charge in [-0.25, -0.2) is 4.79 Å². The van der Waals surface area contributed by atoms with E-state index in [0.29, 0.717) is 30.5 Å². The highest BCUT2D eigenvalue weighted by Crippen LogP contribution is 2.24. The van der Waals surface area contributed by atoms with Crippen LogP contribution in [0.1, 0.15) is 42.1 Å². The Morgan fingerprint density at radius 2 is 2.14 bits per heavy atom. The SMILES string of the molecule is C[C@H]1CCC[C@H]1NC(=O)NCCc1cccc(C(N)=O)c1.